The minimum Gasteiger partial charge on any atom is -0.320 e. The molecule has 0 bridgehead atoms. The molecule has 2 rings (SSSR count). The first-order valence-electron chi connectivity index (χ1n) is 6.54. The van der Waals surface area contributed by atoms with Gasteiger partial charge < -0.3 is 5.84 Å². The van der Waals surface area contributed by atoms with Crippen LogP contribution in [-0.2, 0) is 0 Å². The van der Waals surface area contributed by atoms with Crippen molar-refractivity contribution in [1.29, 1.82) is 0 Å². The summed E-state index contributed by atoms with van der Waals surface area (Å²) in [6.45, 7) is 0. The predicted molar refractivity (Wildman–Crippen MR) is 96.0 cm³/mol. The summed E-state index contributed by atoms with van der Waals surface area (Å²) in [6.07, 6.45) is 3.21. The lowest BCUT2D eigenvalue weighted by Crippen LogP contribution is -2.31. The summed E-state index contributed by atoms with van der Waals surface area (Å²) in [5.74, 6) is 5.45. The zero-order chi connectivity index (χ0) is 16.5. The van der Waals surface area contributed by atoms with Gasteiger partial charge in [0, 0.05) is 10.0 Å². The maximum absolute atomic E-state index is 5.81. The van der Waals surface area contributed by atoms with E-state index in [-0.39, 0.29) is 5.96 Å². The number of benzene rings is 2. The normalized spacial score (nSPS) is 10.9. The highest BCUT2D eigenvalue weighted by Gasteiger charge is 1.94. The Labute approximate surface area is 143 Å². The Bertz CT molecular complexity index is 648. The molecule has 0 saturated carbocycles. The van der Waals surface area contributed by atoms with Gasteiger partial charge >= 0.3 is 0 Å². The summed E-state index contributed by atoms with van der Waals surface area (Å²) < 4.78 is 0. The Morgan fingerprint density at radius 1 is 0.783 bits per heavy atom. The van der Waals surface area contributed by atoms with Gasteiger partial charge in [0.1, 0.15) is 0 Å². The number of hydrazone groups is 3. The number of hydrogen-bond acceptors (Lipinski definition) is 4. The molecule has 0 aromatic heterocycles. The lowest BCUT2D eigenvalue weighted by Gasteiger charge is -2.02. The third-order valence-corrected chi connectivity index (χ3v) is 3.14. The molecule has 0 heterocycles. The van der Waals surface area contributed by atoms with Gasteiger partial charge in [0.25, 0.3) is 5.96 Å². The molecule has 118 valence electrons. The fourth-order valence-corrected chi connectivity index (χ4v) is 1.77. The quantitative estimate of drug-likeness (QED) is 0.343. The molecule has 0 fully saturated rings. The van der Waals surface area contributed by atoms with E-state index >= 15 is 0 Å². The second-order valence-corrected chi connectivity index (χ2v) is 5.19. The predicted octanol–water partition coefficient (Wildman–Crippen LogP) is 2.77. The van der Waals surface area contributed by atoms with E-state index in [1.165, 1.54) is 0 Å². The van der Waals surface area contributed by atoms with Gasteiger partial charge in [-0.2, -0.15) is 10.2 Å². The molecule has 0 amide bonds. The first-order chi connectivity index (χ1) is 11.2. The van der Waals surface area contributed by atoms with E-state index in [2.05, 4.69) is 26.2 Å². The van der Waals surface area contributed by atoms with Crippen LogP contribution < -0.4 is 16.7 Å². The van der Waals surface area contributed by atoms with Gasteiger partial charge in [0.2, 0.25) is 0 Å². The molecule has 0 unspecified atom stereocenters. The number of guanidine groups is 1. The van der Waals surface area contributed by atoms with Gasteiger partial charge in [-0.1, -0.05) is 47.5 Å². The summed E-state index contributed by atoms with van der Waals surface area (Å²) in [5.41, 5.74) is 7.04. The van der Waals surface area contributed by atoms with Gasteiger partial charge in [0.05, 0.1) is 12.4 Å². The van der Waals surface area contributed by atoms with Crippen LogP contribution in [0.5, 0.6) is 0 Å². The van der Waals surface area contributed by atoms with Gasteiger partial charge in [-0.25, -0.2) is 10.9 Å². The van der Waals surface area contributed by atoms with Crippen LogP contribution in [-0.4, -0.2) is 18.4 Å². The molecule has 0 aliphatic heterocycles. The second kappa shape index (κ2) is 8.77. The van der Waals surface area contributed by atoms with E-state index in [9.17, 15) is 0 Å². The monoisotopic (exact) mass is 348 g/mol. The molecule has 0 saturated heterocycles. The van der Waals surface area contributed by atoms with E-state index in [4.69, 9.17) is 29.0 Å². The summed E-state index contributed by atoms with van der Waals surface area (Å²) in [7, 11) is 0. The van der Waals surface area contributed by atoms with E-state index < -0.39 is 0 Å². The molecule has 4 N–H and O–H groups in total. The molecule has 0 spiro atoms. The zero-order valence-electron chi connectivity index (χ0n) is 11.9. The maximum Gasteiger partial charge on any atom is 0.254 e. The van der Waals surface area contributed by atoms with Gasteiger partial charge in [0.15, 0.2) is 0 Å². The lowest BCUT2D eigenvalue weighted by molar-refractivity contribution is 0.889. The highest BCUT2D eigenvalue weighted by atomic mass is 35.5. The van der Waals surface area contributed by atoms with Crippen molar-refractivity contribution in [3.05, 3.63) is 69.7 Å². The van der Waals surface area contributed by atoms with Crippen molar-refractivity contribution >= 4 is 41.6 Å². The van der Waals surface area contributed by atoms with Crippen molar-refractivity contribution in [1.82, 2.24) is 10.9 Å². The molecule has 0 aliphatic carbocycles. The zero-order valence-corrected chi connectivity index (χ0v) is 13.5. The molecule has 0 atom stereocenters. The molecule has 0 aliphatic rings. The van der Waals surface area contributed by atoms with E-state index in [0.717, 1.165) is 11.1 Å². The van der Waals surface area contributed by atoms with E-state index in [0.29, 0.717) is 10.0 Å². The van der Waals surface area contributed by atoms with Gasteiger partial charge in [-0.15, -0.1) is 5.10 Å². The average molecular weight is 349 g/mol. The third kappa shape index (κ3) is 5.98. The number of hydrogen-bond donors (Lipinski definition) is 3. The Morgan fingerprint density at radius 2 is 1.17 bits per heavy atom. The Kier molecular flexibility index (Phi) is 6.40. The molecule has 0 radical (unpaired) electrons. The molecule has 2 aromatic rings. The smallest absolute Gasteiger partial charge is 0.254 e. The minimum absolute atomic E-state index is 0.195. The highest BCUT2D eigenvalue weighted by molar-refractivity contribution is 6.30. The fourth-order valence-electron chi connectivity index (χ4n) is 1.52. The van der Waals surface area contributed by atoms with Crippen LogP contribution in [0, 0.1) is 0 Å². The highest BCUT2D eigenvalue weighted by Crippen LogP contribution is 2.08. The summed E-state index contributed by atoms with van der Waals surface area (Å²) in [4.78, 5) is 0. The lowest BCUT2D eigenvalue weighted by atomic mass is 10.2. The van der Waals surface area contributed by atoms with Crippen molar-refractivity contribution in [3.8, 4) is 0 Å². The fraction of sp³-hybridized carbons (Fsp3) is 0. The summed E-state index contributed by atoms with van der Waals surface area (Å²) in [5, 5.41) is 12.8. The average Bonchev–Trinajstić information content (AvgIpc) is 2.57. The molecule has 2 aromatic carbocycles. The molecular weight excluding hydrogens is 335 g/mol. The first-order valence-corrected chi connectivity index (χ1v) is 7.30. The minimum atomic E-state index is 0.195. The van der Waals surface area contributed by atoms with Crippen molar-refractivity contribution in [2.24, 2.45) is 21.1 Å². The second-order valence-electron chi connectivity index (χ2n) is 4.32. The number of nitrogens with zero attached hydrogens (tertiary/aromatic N) is 3. The van der Waals surface area contributed by atoms with Crippen LogP contribution in [0.15, 0.2) is 63.8 Å². The van der Waals surface area contributed by atoms with Crippen molar-refractivity contribution in [2.75, 3.05) is 0 Å². The van der Waals surface area contributed by atoms with Crippen molar-refractivity contribution in [3.63, 3.8) is 0 Å². The summed E-state index contributed by atoms with van der Waals surface area (Å²) in [6, 6.07) is 14.4. The van der Waals surface area contributed by atoms with Gasteiger partial charge in [-0.3, -0.25) is 0 Å². The SMILES string of the molecule is NN=C(NN=Cc1ccc(Cl)cc1)NN=Cc1ccc(Cl)cc1. The maximum atomic E-state index is 5.81. The van der Waals surface area contributed by atoms with E-state index in [1.54, 1.807) is 36.7 Å². The topological polar surface area (TPSA) is 87.2 Å². The van der Waals surface area contributed by atoms with Gasteiger partial charge in [-0.05, 0) is 35.4 Å². The summed E-state index contributed by atoms with van der Waals surface area (Å²) >= 11 is 11.6. The Hall–Kier alpha value is -2.57. The van der Waals surface area contributed by atoms with Crippen molar-refractivity contribution < 1.29 is 0 Å². The standard InChI is InChI=1S/C15H14Cl2N6/c16-13-5-1-11(2-6-13)9-19-22-15(21-18)23-20-10-12-3-7-14(17)8-4-12/h1-10H,18H2,(H2,21,22,23). The molecular formula is C15H14Cl2N6. The van der Waals surface area contributed by atoms with Crippen molar-refractivity contribution in [2.45, 2.75) is 0 Å². The number of nitrogens with one attached hydrogen (secondary N) is 2. The van der Waals surface area contributed by atoms with Crippen LogP contribution in [0.25, 0.3) is 0 Å². The van der Waals surface area contributed by atoms with Crippen LogP contribution in [0.3, 0.4) is 0 Å². The number of nitrogens with two attached hydrogens (primary N) is 1. The van der Waals surface area contributed by atoms with Crippen LogP contribution in [0.2, 0.25) is 10.0 Å². The Balaban J connectivity index is 1.85. The number of halogens is 2. The first kappa shape index (κ1) is 16.8. The third-order valence-electron chi connectivity index (χ3n) is 2.64. The molecule has 23 heavy (non-hydrogen) atoms. The molecule has 6 nitrogen and oxygen atoms in total. The van der Waals surface area contributed by atoms with Crippen LogP contribution in [0.1, 0.15) is 11.1 Å². The van der Waals surface area contributed by atoms with Crippen LogP contribution in [0.4, 0.5) is 0 Å². The van der Waals surface area contributed by atoms with E-state index in [1.807, 2.05) is 24.3 Å². The molecule has 8 heteroatoms. The largest absolute Gasteiger partial charge is 0.320 e. The number of rotatable bonds is 4. The Morgan fingerprint density at radius 3 is 1.52 bits per heavy atom. The van der Waals surface area contributed by atoms with Crippen LogP contribution >= 0.6 is 23.2 Å².